The van der Waals surface area contributed by atoms with E-state index in [0.29, 0.717) is 5.56 Å². The second kappa shape index (κ2) is 4.85. The van der Waals surface area contributed by atoms with Crippen LogP contribution in [0.15, 0.2) is 18.3 Å². The third kappa shape index (κ3) is 2.92. The van der Waals surface area contributed by atoms with Crippen molar-refractivity contribution < 1.29 is 13.5 Å². The summed E-state index contributed by atoms with van der Waals surface area (Å²) < 4.78 is 28.6. The highest BCUT2D eigenvalue weighted by atomic mass is 19.3. The Labute approximate surface area is 80.9 Å². The molecule has 0 aliphatic heterocycles. The molecule has 0 aliphatic rings. The lowest BCUT2D eigenvalue weighted by Gasteiger charge is -2.11. The first-order chi connectivity index (χ1) is 6.61. The lowest BCUT2D eigenvalue weighted by atomic mass is 10.1. The van der Waals surface area contributed by atoms with Crippen molar-refractivity contribution >= 4 is 0 Å². The van der Waals surface area contributed by atoms with Gasteiger partial charge in [-0.15, -0.1) is 0 Å². The van der Waals surface area contributed by atoms with E-state index < -0.39 is 13.0 Å². The minimum atomic E-state index is -2.50. The summed E-state index contributed by atoms with van der Waals surface area (Å²) in [5.41, 5.74) is 6.25. The predicted molar refractivity (Wildman–Crippen MR) is 48.3 cm³/mol. The minimum absolute atomic E-state index is 0.183. The second-order valence-corrected chi connectivity index (χ2v) is 2.89. The van der Waals surface area contributed by atoms with E-state index in [0.717, 1.165) is 0 Å². The fourth-order valence-electron chi connectivity index (χ4n) is 1.01. The van der Waals surface area contributed by atoms with Crippen molar-refractivity contribution in [2.75, 3.05) is 6.61 Å². The van der Waals surface area contributed by atoms with E-state index in [-0.39, 0.29) is 11.9 Å². The SMILES string of the molecule is C[C@H](N)c1cccnc1OCC(F)F. The Morgan fingerprint density at radius 1 is 1.57 bits per heavy atom. The summed E-state index contributed by atoms with van der Waals surface area (Å²) in [6.07, 6.45) is -1.02. The molecule has 0 unspecified atom stereocenters. The van der Waals surface area contributed by atoms with Crippen LogP contribution in [0.2, 0.25) is 0 Å². The highest BCUT2D eigenvalue weighted by Crippen LogP contribution is 2.20. The molecule has 1 aromatic heterocycles. The Balaban J connectivity index is 2.74. The first-order valence-corrected chi connectivity index (χ1v) is 4.22. The van der Waals surface area contributed by atoms with Gasteiger partial charge in [0, 0.05) is 17.8 Å². The number of alkyl halides is 2. The predicted octanol–water partition coefficient (Wildman–Crippen LogP) is 1.75. The third-order valence-electron chi connectivity index (χ3n) is 1.64. The van der Waals surface area contributed by atoms with Gasteiger partial charge in [-0.05, 0) is 13.0 Å². The first kappa shape index (κ1) is 10.8. The lowest BCUT2D eigenvalue weighted by molar-refractivity contribution is 0.0789. The zero-order valence-electron chi connectivity index (χ0n) is 7.78. The van der Waals surface area contributed by atoms with Crippen molar-refractivity contribution in [1.82, 2.24) is 4.98 Å². The summed E-state index contributed by atoms with van der Waals surface area (Å²) in [4.78, 5) is 3.84. The smallest absolute Gasteiger partial charge is 0.272 e. The zero-order valence-corrected chi connectivity index (χ0v) is 7.78. The molecule has 14 heavy (non-hydrogen) atoms. The van der Waals surface area contributed by atoms with Crippen molar-refractivity contribution in [3.05, 3.63) is 23.9 Å². The van der Waals surface area contributed by atoms with Crippen molar-refractivity contribution in [3.8, 4) is 5.88 Å². The molecule has 0 amide bonds. The van der Waals surface area contributed by atoms with E-state index in [1.54, 1.807) is 19.1 Å². The van der Waals surface area contributed by atoms with Crippen LogP contribution >= 0.6 is 0 Å². The molecule has 2 N–H and O–H groups in total. The fourth-order valence-corrected chi connectivity index (χ4v) is 1.01. The number of nitrogens with two attached hydrogens (primary N) is 1. The van der Waals surface area contributed by atoms with Gasteiger partial charge in [-0.25, -0.2) is 13.8 Å². The number of ether oxygens (including phenoxy) is 1. The van der Waals surface area contributed by atoms with E-state index in [1.807, 2.05) is 0 Å². The van der Waals surface area contributed by atoms with Gasteiger partial charge in [0.25, 0.3) is 6.43 Å². The maximum atomic E-state index is 11.9. The molecule has 0 aromatic carbocycles. The largest absolute Gasteiger partial charge is 0.471 e. The van der Waals surface area contributed by atoms with E-state index in [9.17, 15) is 8.78 Å². The van der Waals surface area contributed by atoms with E-state index in [2.05, 4.69) is 4.98 Å². The van der Waals surface area contributed by atoms with Crippen molar-refractivity contribution in [3.63, 3.8) is 0 Å². The van der Waals surface area contributed by atoms with Crippen molar-refractivity contribution in [2.24, 2.45) is 5.73 Å². The molecule has 78 valence electrons. The number of nitrogens with zero attached hydrogens (tertiary/aromatic N) is 1. The number of aromatic nitrogens is 1. The van der Waals surface area contributed by atoms with Crippen LogP contribution in [0.3, 0.4) is 0 Å². The monoisotopic (exact) mass is 202 g/mol. The second-order valence-electron chi connectivity index (χ2n) is 2.89. The zero-order chi connectivity index (χ0) is 10.6. The highest BCUT2D eigenvalue weighted by Gasteiger charge is 2.10. The molecule has 0 aliphatic carbocycles. The van der Waals surface area contributed by atoms with Gasteiger partial charge in [-0.1, -0.05) is 6.07 Å². The van der Waals surface area contributed by atoms with Gasteiger partial charge in [0.1, 0.15) is 0 Å². The summed E-state index contributed by atoms with van der Waals surface area (Å²) in [6.45, 7) is 1.09. The van der Waals surface area contributed by atoms with Crippen molar-refractivity contribution in [1.29, 1.82) is 0 Å². The fraction of sp³-hybridized carbons (Fsp3) is 0.444. The highest BCUT2D eigenvalue weighted by molar-refractivity contribution is 5.28. The first-order valence-electron chi connectivity index (χ1n) is 4.22. The standard InChI is InChI=1S/C9H12F2N2O/c1-6(12)7-3-2-4-13-9(7)14-5-8(10)11/h2-4,6,8H,5,12H2,1H3/t6-/m0/s1. The number of hydrogen-bond donors (Lipinski definition) is 1. The maximum Gasteiger partial charge on any atom is 0.272 e. The van der Waals surface area contributed by atoms with Gasteiger partial charge >= 0.3 is 0 Å². The van der Waals surface area contributed by atoms with Crippen LogP contribution in [-0.4, -0.2) is 18.0 Å². The molecule has 0 saturated heterocycles. The van der Waals surface area contributed by atoms with Crippen LogP contribution in [0, 0.1) is 0 Å². The van der Waals surface area contributed by atoms with Gasteiger partial charge in [0.15, 0.2) is 6.61 Å². The summed E-state index contributed by atoms with van der Waals surface area (Å²) in [5, 5.41) is 0. The molecule has 0 radical (unpaired) electrons. The van der Waals surface area contributed by atoms with Gasteiger partial charge < -0.3 is 10.5 Å². The molecule has 5 heteroatoms. The Morgan fingerprint density at radius 2 is 2.29 bits per heavy atom. The number of pyridine rings is 1. The summed E-state index contributed by atoms with van der Waals surface area (Å²) in [6, 6.07) is 3.11. The third-order valence-corrected chi connectivity index (χ3v) is 1.64. The topological polar surface area (TPSA) is 48.1 Å². The molecule has 3 nitrogen and oxygen atoms in total. The van der Waals surface area contributed by atoms with Crippen LogP contribution in [-0.2, 0) is 0 Å². The molecule has 0 fully saturated rings. The number of halogens is 2. The van der Waals surface area contributed by atoms with Gasteiger partial charge in [0.05, 0.1) is 0 Å². The molecule has 1 rings (SSSR count). The number of rotatable bonds is 4. The van der Waals surface area contributed by atoms with Crippen molar-refractivity contribution in [2.45, 2.75) is 19.4 Å². The minimum Gasteiger partial charge on any atom is -0.471 e. The van der Waals surface area contributed by atoms with E-state index in [4.69, 9.17) is 10.5 Å². The molecule has 0 spiro atoms. The molecule has 1 atom stereocenters. The summed E-state index contributed by atoms with van der Waals surface area (Å²) >= 11 is 0. The van der Waals surface area contributed by atoms with Crippen LogP contribution in [0.4, 0.5) is 8.78 Å². The molecule has 0 bridgehead atoms. The van der Waals surface area contributed by atoms with E-state index in [1.165, 1.54) is 6.20 Å². The Hall–Kier alpha value is -1.23. The van der Waals surface area contributed by atoms with Crippen LogP contribution in [0.25, 0.3) is 0 Å². The van der Waals surface area contributed by atoms with Gasteiger partial charge in [0.2, 0.25) is 5.88 Å². The Morgan fingerprint density at radius 3 is 2.86 bits per heavy atom. The quantitative estimate of drug-likeness (QED) is 0.809. The molecule has 0 saturated carbocycles. The molecular weight excluding hydrogens is 190 g/mol. The normalized spacial score (nSPS) is 12.9. The summed E-state index contributed by atoms with van der Waals surface area (Å²) in [7, 11) is 0. The van der Waals surface area contributed by atoms with Gasteiger partial charge in [-0.2, -0.15) is 0 Å². The van der Waals surface area contributed by atoms with E-state index >= 15 is 0 Å². The Kier molecular flexibility index (Phi) is 3.76. The van der Waals surface area contributed by atoms with Crippen LogP contribution in [0.5, 0.6) is 5.88 Å². The average Bonchev–Trinajstić information content (AvgIpc) is 2.15. The maximum absolute atomic E-state index is 11.9. The van der Waals surface area contributed by atoms with Crippen LogP contribution in [0.1, 0.15) is 18.5 Å². The molecular formula is C9H12F2N2O. The number of hydrogen-bond acceptors (Lipinski definition) is 3. The molecule has 1 heterocycles. The summed E-state index contributed by atoms with van der Waals surface area (Å²) in [5.74, 6) is 0.183. The van der Waals surface area contributed by atoms with Crippen LogP contribution < -0.4 is 10.5 Å². The molecule has 1 aromatic rings. The Bertz CT molecular complexity index is 292. The van der Waals surface area contributed by atoms with Gasteiger partial charge in [-0.3, -0.25) is 0 Å². The lowest BCUT2D eigenvalue weighted by Crippen LogP contribution is -2.13. The average molecular weight is 202 g/mol.